The molecule has 2 heterocycles. The van der Waals surface area contributed by atoms with E-state index in [-0.39, 0.29) is 23.4 Å². The average Bonchev–Trinajstić information content (AvgIpc) is 3.52. The van der Waals surface area contributed by atoms with Crippen molar-refractivity contribution < 1.29 is 19.1 Å². The second-order valence-electron chi connectivity index (χ2n) is 8.92. The van der Waals surface area contributed by atoms with Crippen LogP contribution in [0, 0.1) is 5.82 Å². The largest absolute Gasteiger partial charge is 0.508 e. The first-order valence-electron chi connectivity index (χ1n) is 10.7. The van der Waals surface area contributed by atoms with E-state index in [0.717, 1.165) is 40.9 Å². The van der Waals surface area contributed by atoms with Crippen LogP contribution in [0.5, 0.6) is 5.75 Å². The number of anilines is 2. The van der Waals surface area contributed by atoms with Crippen LogP contribution in [-0.4, -0.2) is 24.0 Å². The van der Waals surface area contributed by atoms with Gasteiger partial charge in [0.1, 0.15) is 11.6 Å². The first-order valence-corrected chi connectivity index (χ1v) is 10.7. The Morgan fingerprint density at radius 3 is 2.44 bits per heavy atom. The van der Waals surface area contributed by atoms with E-state index in [9.17, 15) is 19.1 Å². The summed E-state index contributed by atoms with van der Waals surface area (Å²) in [5, 5.41) is 10.9. The Morgan fingerprint density at radius 1 is 1.00 bits per heavy atom. The predicted octanol–water partition coefficient (Wildman–Crippen LogP) is 4.22. The van der Waals surface area contributed by atoms with Crippen LogP contribution in [0.25, 0.3) is 0 Å². The smallest absolute Gasteiger partial charge is 0.239 e. The zero-order valence-electron chi connectivity index (χ0n) is 17.5. The molecule has 1 aliphatic carbocycles. The Balaban J connectivity index is 1.45. The SMILES string of the molecule is CN1C(=O)C2(CC2)c2cc(C3C(=O)N(Cc4ccc(F)cc4)c4ccccc43)c(O)cc21. The number of nitrogens with zero attached hydrogens (tertiary/aromatic N) is 2. The van der Waals surface area contributed by atoms with Gasteiger partial charge in [-0.05, 0) is 53.8 Å². The molecule has 5 nitrogen and oxygen atoms in total. The maximum atomic E-state index is 13.7. The summed E-state index contributed by atoms with van der Waals surface area (Å²) >= 11 is 0. The third-order valence-corrected chi connectivity index (χ3v) is 7.10. The van der Waals surface area contributed by atoms with Gasteiger partial charge in [0.25, 0.3) is 0 Å². The number of likely N-dealkylation sites (N-methyl/N-ethyl adjacent to an activating group) is 1. The zero-order valence-corrected chi connectivity index (χ0v) is 17.5. The van der Waals surface area contributed by atoms with Crippen molar-refractivity contribution in [2.45, 2.75) is 30.7 Å². The minimum absolute atomic E-state index is 0.0119. The maximum absolute atomic E-state index is 13.7. The van der Waals surface area contributed by atoms with E-state index in [1.807, 2.05) is 30.3 Å². The van der Waals surface area contributed by atoms with Gasteiger partial charge < -0.3 is 14.9 Å². The fourth-order valence-corrected chi connectivity index (χ4v) is 5.26. The third-order valence-electron chi connectivity index (χ3n) is 7.10. The number of phenols is 1. The van der Waals surface area contributed by atoms with Crippen LogP contribution in [0.4, 0.5) is 15.8 Å². The summed E-state index contributed by atoms with van der Waals surface area (Å²) in [5.74, 6) is -1.06. The summed E-state index contributed by atoms with van der Waals surface area (Å²) in [6, 6.07) is 17.1. The second-order valence-corrected chi connectivity index (χ2v) is 8.92. The van der Waals surface area contributed by atoms with Gasteiger partial charge in [-0.3, -0.25) is 9.59 Å². The number of carbonyl (C=O) groups is 2. The van der Waals surface area contributed by atoms with E-state index in [0.29, 0.717) is 12.1 Å². The Kier molecular flexibility index (Phi) is 3.82. The van der Waals surface area contributed by atoms with Gasteiger partial charge in [0.15, 0.2) is 0 Å². The Morgan fingerprint density at radius 2 is 1.72 bits per heavy atom. The first-order chi connectivity index (χ1) is 15.4. The summed E-state index contributed by atoms with van der Waals surface area (Å²) in [4.78, 5) is 29.7. The van der Waals surface area contributed by atoms with Crippen LogP contribution in [0.2, 0.25) is 0 Å². The summed E-state index contributed by atoms with van der Waals surface area (Å²) < 4.78 is 13.3. The molecular weight excluding hydrogens is 407 g/mol. The number of carbonyl (C=O) groups excluding carboxylic acids is 2. The molecular formula is C26H21FN2O3. The summed E-state index contributed by atoms with van der Waals surface area (Å²) in [6.07, 6.45) is 1.58. The van der Waals surface area contributed by atoms with Gasteiger partial charge in [0.05, 0.1) is 23.6 Å². The number of hydrogen-bond acceptors (Lipinski definition) is 3. The molecule has 0 aromatic heterocycles. The number of amides is 2. The standard InChI is InChI=1S/C26H21FN2O3/c1-28-21-13-22(30)18(12-19(21)26(10-11-26)25(28)32)23-17-4-2-3-5-20(17)29(24(23)31)14-15-6-8-16(27)9-7-15/h2-9,12-13,23,30H,10-11,14H2,1H3. The van der Waals surface area contributed by atoms with Crippen molar-refractivity contribution in [3.8, 4) is 5.75 Å². The Hall–Kier alpha value is -3.67. The zero-order chi connectivity index (χ0) is 22.2. The highest BCUT2D eigenvalue weighted by molar-refractivity contribution is 6.11. The Labute approximate surface area is 184 Å². The molecule has 0 radical (unpaired) electrons. The molecule has 3 aromatic carbocycles. The van der Waals surface area contributed by atoms with Gasteiger partial charge in [0.2, 0.25) is 11.8 Å². The third kappa shape index (κ3) is 2.49. The molecule has 6 rings (SSSR count). The lowest BCUT2D eigenvalue weighted by Gasteiger charge is -2.19. The summed E-state index contributed by atoms with van der Waals surface area (Å²) in [5.41, 5.74) is 4.06. The molecule has 1 atom stereocenters. The second kappa shape index (κ2) is 6.42. The van der Waals surface area contributed by atoms with Crippen molar-refractivity contribution in [3.63, 3.8) is 0 Å². The molecule has 6 heteroatoms. The highest BCUT2D eigenvalue weighted by atomic mass is 19.1. The molecule has 1 spiro atoms. The quantitative estimate of drug-likeness (QED) is 0.680. The summed E-state index contributed by atoms with van der Waals surface area (Å²) in [6.45, 7) is 0.309. The molecule has 1 unspecified atom stereocenters. The van der Waals surface area contributed by atoms with Crippen LogP contribution in [0.1, 0.15) is 41.0 Å². The van der Waals surface area contributed by atoms with Gasteiger partial charge in [-0.2, -0.15) is 0 Å². The van der Waals surface area contributed by atoms with E-state index in [1.54, 1.807) is 35.0 Å². The van der Waals surface area contributed by atoms with Crippen LogP contribution in [0.15, 0.2) is 60.7 Å². The molecule has 0 saturated heterocycles. The minimum Gasteiger partial charge on any atom is -0.508 e. The van der Waals surface area contributed by atoms with Crippen LogP contribution >= 0.6 is 0 Å². The highest BCUT2D eigenvalue weighted by Gasteiger charge is 2.59. The molecule has 1 fully saturated rings. The first kappa shape index (κ1) is 19.0. The molecule has 2 amide bonds. The Bertz CT molecular complexity index is 1300. The monoisotopic (exact) mass is 428 g/mol. The number of rotatable bonds is 3. The van der Waals surface area contributed by atoms with Gasteiger partial charge in [-0.1, -0.05) is 30.3 Å². The molecule has 0 bridgehead atoms. The number of benzene rings is 3. The van der Waals surface area contributed by atoms with E-state index in [4.69, 9.17) is 0 Å². The van der Waals surface area contributed by atoms with Gasteiger partial charge >= 0.3 is 0 Å². The van der Waals surface area contributed by atoms with Gasteiger partial charge in [-0.15, -0.1) is 0 Å². The normalized spacial score (nSPS) is 20.1. The molecule has 2 aliphatic heterocycles. The van der Waals surface area contributed by atoms with Crippen molar-refractivity contribution in [1.82, 2.24) is 0 Å². The van der Waals surface area contributed by atoms with E-state index in [1.165, 1.54) is 12.1 Å². The number of para-hydroxylation sites is 1. The minimum atomic E-state index is -0.659. The van der Waals surface area contributed by atoms with E-state index < -0.39 is 11.3 Å². The number of fused-ring (bicyclic) bond motifs is 3. The lowest BCUT2D eigenvalue weighted by Crippen LogP contribution is -2.28. The molecule has 3 aliphatic rings. The number of halogens is 1. The van der Waals surface area contributed by atoms with Crippen molar-refractivity contribution in [3.05, 3.63) is 88.7 Å². The molecule has 32 heavy (non-hydrogen) atoms. The average molecular weight is 428 g/mol. The lowest BCUT2D eigenvalue weighted by atomic mass is 9.87. The van der Waals surface area contributed by atoms with Crippen LogP contribution in [-0.2, 0) is 21.5 Å². The van der Waals surface area contributed by atoms with Gasteiger partial charge in [0, 0.05) is 24.4 Å². The van der Waals surface area contributed by atoms with E-state index >= 15 is 0 Å². The van der Waals surface area contributed by atoms with E-state index in [2.05, 4.69) is 0 Å². The summed E-state index contributed by atoms with van der Waals surface area (Å²) in [7, 11) is 1.73. The molecule has 160 valence electrons. The lowest BCUT2D eigenvalue weighted by molar-refractivity contribution is -0.120. The van der Waals surface area contributed by atoms with Gasteiger partial charge in [-0.25, -0.2) is 4.39 Å². The van der Waals surface area contributed by atoms with Crippen LogP contribution in [0.3, 0.4) is 0 Å². The fourth-order valence-electron chi connectivity index (χ4n) is 5.26. The number of hydrogen-bond donors (Lipinski definition) is 1. The fraction of sp³-hybridized carbons (Fsp3) is 0.231. The topological polar surface area (TPSA) is 60.9 Å². The highest BCUT2D eigenvalue weighted by Crippen LogP contribution is 2.59. The number of aromatic hydroxyl groups is 1. The van der Waals surface area contributed by atoms with Crippen LogP contribution < -0.4 is 9.80 Å². The molecule has 1 N–H and O–H groups in total. The van der Waals surface area contributed by atoms with Crippen molar-refractivity contribution >= 4 is 23.2 Å². The maximum Gasteiger partial charge on any atom is 0.239 e. The van der Waals surface area contributed by atoms with Crippen molar-refractivity contribution in [2.75, 3.05) is 16.8 Å². The molecule has 3 aromatic rings. The predicted molar refractivity (Wildman–Crippen MR) is 118 cm³/mol. The number of phenolic OH excluding ortho intramolecular Hbond substituents is 1. The molecule has 1 saturated carbocycles. The van der Waals surface area contributed by atoms with Crippen molar-refractivity contribution in [1.29, 1.82) is 0 Å². The van der Waals surface area contributed by atoms with Crippen molar-refractivity contribution in [2.24, 2.45) is 0 Å².